The fourth-order valence-corrected chi connectivity index (χ4v) is 3.01. The third-order valence-corrected chi connectivity index (χ3v) is 4.68. The minimum absolute atomic E-state index is 0.184. The summed E-state index contributed by atoms with van der Waals surface area (Å²) in [4.78, 5) is 12.2. The van der Waals surface area contributed by atoms with Crippen LogP contribution in [0.2, 0.25) is 0 Å². The molecule has 0 atom stereocenters. The highest BCUT2D eigenvalue weighted by Gasteiger charge is 2.17. The first kappa shape index (κ1) is 14.5. The van der Waals surface area contributed by atoms with E-state index in [1.807, 2.05) is 18.3 Å². The molecule has 1 aromatic heterocycles. The summed E-state index contributed by atoms with van der Waals surface area (Å²) in [5.41, 5.74) is 4.73. The minimum atomic E-state index is -3.26. The van der Waals surface area contributed by atoms with Gasteiger partial charge in [0.15, 0.2) is 9.84 Å². The lowest BCUT2D eigenvalue weighted by Crippen LogP contribution is -2.19. The second-order valence-electron chi connectivity index (χ2n) is 5.13. The van der Waals surface area contributed by atoms with E-state index in [9.17, 15) is 13.2 Å². The number of amides is 1. The van der Waals surface area contributed by atoms with Gasteiger partial charge in [-0.1, -0.05) is 0 Å². The van der Waals surface area contributed by atoms with E-state index in [-0.39, 0.29) is 10.8 Å². The molecule has 7 heteroatoms. The Morgan fingerprint density at radius 2 is 1.95 bits per heavy atom. The number of carbonyl (C=O) groups excluding carboxylic acids is 1. The van der Waals surface area contributed by atoms with Gasteiger partial charge in [-0.05, 0) is 36.4 Å². The first-order valence-corrected chi connectivity index (χ1v) is 8.67. The standard InChI is InChI=1S/C15H15N3O3S/c1-22(20,21)12-6-4-11(5-7-12)15(19)17-16-13-8-10-18-9-2-3-14(13)18/h2-7,9H,8,10H2,1H3,(H,17,19)/b16-13-. The molecular formula is C15H15N3O3S. The molecule has 22 heavy (non-hydrogen) atoms. The molecule has 0 saturated carbocycles. The Bertz CT molecular complexity index is 848. The molecule has 0 unspecified atom stereocenters. The van der Waals surface area contributed by atoms with E-state index in [4.69, 9.17) is 0 Å². The number of sulfone groups is 1. The van der Waals surface area contributed by atoms with Gasteiger partial charge in [0.2, 0.25) is 0 Å². The van der Waals surface area contributed by atoms with E-state index < -0.39 is 9.84 Å². The molecule has 3 rings (SSSR count). The van der Waals surface area contributed by atoms with Gasteiger partial charge in [0.05, 0.1) is 16.3 Å². The van der Waals surface area contributed by atoms with Gasteiger partial charge in [-0.25, -0.2) is 13.8 Å². The van der Waals surface area contributed by atoms with Crippen molar-refractivity contribution in [1.82, 2.24) is 9.99 Å². The molecule has 2 heterocycles. The lowest BCUT2D eigenvalue weighted by Gasteiger charge is -2.03. The third-order valence-electron chi connectivity index (χ3n) is 3.55. The number of nitrogens with zero attached hydrogens (tertiary/aromatic N) is 2. The average Bonchev–Trinajstić information content (AvgIpc) is 3.07. The highest BCUT2D eigenvalue weighted by Crippen LogP contribution is 2.15. The molecule has 0 saturated heterocycles. The monoisotopic (exact) mass is 317 g/mol. The Morgan fingerprint density at radius 1 is 1.23 bits per heavy atom. The van der Waals surface area contributed by atoms with Gasteiger partial charge in [-0.3, -0.25) is 4.79 Å². The number of aryl methyl sites for hydroxylation is 1. The van der Waals surface area contributed by atoms with Crippen molar-refractivity contribution < 1.29 is 13.2 Å². The summed E-state index contributed by atoms with van der Waals surface area (Å²) in [6, 6.07) is 9.68. The highest BCUT2D eigenvalue weighted by atomic mass is 32.2. The molecule has 0 bridgehead atoms. The Balaban J connectivity index is 1.73. The first-order chi connectivity index (χ1) is 10.4. The van der Waals surface area contributed by atoms with Gasteiger partial charge in [-0.2, -0.15) is 5.10 Å². The maximum Gasteiger partial charge on any atom is 0.271 e. The van der Waals surface area contributed by atoms with Crippen LogP contribution in [-0.4, -0.2) is 30.9 Å². The zero-order valence-corrected chi connectivity index (χ0v) is 12.8. The van der Waals surface area contributed by atoms with Crippen LogP contribution in [0.15, 0.2) is 52.6 Å². The van der Waals surface area contributed by atoms with E-state index in [1.54, 1.807) is 0 Å². The molecule has 6 nitrogen and oxygen atoms in total. The smallest absolute Gasteiger partial charge is 0.271 e. The van der Waals surface area contributed by atoms with Crippen LogP contribution in [-0.2, 0) is 16.4 Å². The van der Waals surface area contributed by atoms with Crippen LogP contribution in [0.3, 0.4) is 0 Å². The maximum absolute atomic E-state index is 12.0. The zero-order valence-electron chi connectivity index (χ0n) is 12.0. The summed E-state index contributed by atoms with van der Waals surface area (Å²) >= 11 is 0. The second-order valence-corrected chi connectivity index (χ2v) is 7.15. The largest absolute Gasteiger partial charge is 0.346 e. The SMILES string of the molecule is CS(=O)(=O)c1ccc(C(=O)N/N=C2/CCn3cccc32)cc1. The normalized spacial score (nSPS) is 15.8. The van der Waals surface area contributed by atoms with E-state index in [0.29, 0.717) is 5.56 Å². The number of hydrogen-bond acceptors (Lipinski definition) is 4. The summed E-state index contributed by atoms with van der Waals surface area (Å²) in [6.45, 7) is 0.861. The number of fused-ring (bicyclic) bond motifs is 1. The Kier molecular flexibility index (Phi) is 3.58. The fourth-order valence-electron chi connectivity index (χ4n) is 2.37. The zero-order chi connectivity index (χ0) is 15.7. The molecule has 0 spiro atoms. The molecule has 114 valence electrons. The summed E-state index contributed by atoms with van der Waals surface area (Å²) in [5, 5.41) is 4.16. The lowest BCUT2D eigenvalue weighted by molar-refractivity contribution is 0.0954. The van der Waals surface area contributed by atoms with Crippen LogP contribution in [0.1, 0.15) is 22.5 Å². The highest BCUT2D eigenvalue weighted by molar-refractivity contribution is 7.90. The Morgan fingerprint density at radius 3 is 2.64 bits per heavy atom. The molecule has 0 fully saturated rings. The van der Waals surface area contributed by atoms with Crippen LogP contribution in [0, 0.1) is 0 Å². The first-order valence-electron chi connectivity index (χ1n) is 6.78. The van der Waals surface area contributed by atoms with Crippen LogP contribution < -0.4 is 5.43 Å². The fraction of sp³-hybridized carbons (Fsp3) is 0.200. The van der Waals surface area contributed by atoms with Gasteiger partial charge in [0, 0.05) is 31.0 Å². The van der Waals surface area contributed by atoms with Crippen molar-refractivity contribution in [2.75, 3.05) is 6.26 Å². The number of carbonyl (C=O) groups is 1. The number of nitrogens with one attached hydrogen (secondary N) is 1. The molecule has 1 aromatic carbocycles. The second kappa shape index (κ2) is 5.42. The summed E-state index contributed by atoms with van der Waals surface area (Å²) in [6.07, 6.45) is 3.89. The van der Waals surface area contributed by atoms with Gasteiger partial charge in [-0.15, -0.1) is 0 Å². The number of rotatable bonds is 3. The van der Waals surface area contributed by atoms with Crippen molar-refractivity contribution in [3.8, 4) is 0 Å². The average molecular weight is 317 g/mol. The molecule has 1 N–H and O–H groups in total. The molecule has 2 aromatic rings. The van der Waals surface area contributed by atoms with E-state index in [1.165, 1.54) is 24.3 Å². The topological polar surface area (TPSA) is 80.5 Å². The molecule has 1 aliphatic rings. The minimum Gasteiger partial charge on any atom is -0.346 e. The van der Waals surface area contributed by atoms with Crippen LogP contribution in [0.25, 0.3) is 0 Å². The van der Waals surface area contributed by atoms with Crippen LogP contribution in [0.5, 0.6) is 0 Å². The van der Waals surface area contributed by atoms with Crippen LogP contribution >= 0.6 is 0 Å². The molecule has 1 amide bonds. The summed E-state index contributed by atoms with van der Waals surface area (Å²) in [5.74, 6) is -0.363. The number of aromatic nitrogens is 1. The van der Waals surface area contributed by atoms with Gasteiger partial charge in [0.1, 0.15) is 0 Å². The molecular weight excluding hydrogens is 302 g/mol. The number of hydrazone groups is 1. The van der Waals surface area contributed by atoms with E-state index in [2.05, 4.69) is 15.1 Å². The molecule has 0 aliphatic carbocycles. The van der Waals surface area contributed by atoms with Crippen molar-refractivity contribution in [1.29, 1.82) is 0 Å². The van der Waals surface area contributed by atoms with E-state index in [0.717, 1.165) is 30.6 Å². The molecule has 1 aliphatic heterocycles. The van der Waals surface area contributed by atoms with Crippen LogP contribution in [0.4, 0.5) is 0 Å². The third kappa shape index (κ3) is 2.80. The summed E-state index contributed by atoms with van der Waals surface area (Å²) < 4.78 is 24.8. The number of hydrogen-bond donors (Lipinski definition) is 1. The van der Waals surface area contributed by atoms with Crippen molar-refractivity contribution in [2.24, 2.45) is 5.10 Å². The quantitative estimate of drug-likeness (QED) is 0.870. The van der Waals surface area contributed by atoms with Crippen molar-refractivity contribution >= 4 is 21.5 Å². The van der Waals surface area contributed by atoms with Crippen molar-refractivity contribution in [2.45, 2.75) is 17.9 Å². The number of benzene rings is 1. The Hall–Kier alpha value is -2.41. The van der Waals surface area contributed by atoms with Gasteiger partial charge in [0.25, 0.3) is 5.91 Å². The van der Waals surface area contributed by atoms with E-state index >= 15 is 0 Å². The van der Waals surface area contributed by atoms with Gasteiger partial charge >= 0.3 is 0 Å². The molecule has 0 radical (unpaired) electrons. The Labute approximate surface area is 128 Å². The summed E-state index contributed by atoms with van der Waals surface area (Å²) in [7, 11) is -3.26. The van der Waals surface area contributed by atoms with Gasteiger partial charge < -0.3 is 4.57 Å². The predicted molar refractivity (Wildman–Crippen MR) is 82.6 cm³/mol. The maximum atomic E-state index is 12.0. The lowest BCUT2D eigenvalue weighted by atomic mass is 10.2. The predicted octanol–water partition coefficient (Wildman–Crippen LogP) is 1.43. The van der Waals surface area contributed by atoms with Crippen molar-refractivity contribution in [3.05, 3.63) is 53.9 Å². The van der Waals surface area contributed by atoms with Crippen molar-refractivity contribution in [3.63, 3.8) is 0 Å².